The van der Waals surface area contributed by atoms with Crippen LogP contribution in [0.4, 0.5) is 0 Å². The molecule has 1 saturated heterocycles. The Morgan fingerprint density at radius 3 is 2.75 bits per heavy atom. The van der Waals surface area contributed by atoms with Gasteiger partial charge in [0, 0.05) is 42.8 Å². The Labute approximate surface area is 118 Å². The molecule has 1 N–H and O–H groups in total. The molecule has 0 radical (unpaired) electrons. The number of nitrogens with zero attached hydrogens (tertiary/aromatic N) is 3. The van der Waals surface area contributed by atoms with Crippen LogP contribution >= 0.6 is 0 Å². The first-order valence-corrected chi connectivity index (χ1v) is 6.83. The van der Waals surface area contributed by atoms with E-state index in [2.05, 4.69) is 10.3 Å². The van der Waals surface area contributed by atoms with Crippen LogP contribution in [0, 0.1) is 0 Å². The molecule has 1 aromatic heterocycles. The lowest BCUT2D eigenvalue weighted by Gasteiger charge is -2.16. The van der Waals surface area contributed by atoms with E-state index in [0.29, 0.717) is 6.04 Å². The number of hydrogen-bond acceptors (Lipinski definition) is 3. The fourth-order valence-corrected chi connectivity index (χ4v) is 2.55. The monoisotopic (exact) mass is 270 g/mol. The summed E-state index contributed by atoms with van der Waals surface area (Å²) in [5, 5.41) is 3.22. The number of likely N-dealkylation sites (N-methyl/N-ethyl adjacent to an activating group) is 1. The van der Waals surface area contributed by atoms with Crippen molar-refractivity contribution in [2.45, 2.75) is 12.5 Å². The number of benzene rings is 1. The third-order valence-corrected chi connectivity index (χ3v) is 3.80. The Bertz CT molecular complexity index is 576. The first kappa shape index (κ1) is 12.9. The predicted octanol–water partition coefficient (Wildman–Crippen LogP) is 1.31. The van der Waals surface area contributed by atoms with E-state index in [9.17, 15) is 4.79 Å². The first-order valence-electron chi connectivity index (χ1n) is 6.83. The number of aromatic nitrogens is 2. The maximum Gasteiger partial charge on any atom is 0.253 e. The number of carbonyl (C=O) groups is 1. The van der Waals surface area contributed by atoms with E-state index in [-0.39, 0.29) is 5.91 Å². The highest BCUT2D eigenvalue weighted by atomic mass is 16.2. The minimum absolute atomic E-state index is 0.111. The van der Waals surface area contributed by atoms with E-state index in [0.717, 1.165) is 30.8 Å². The molecular weight excluding hydrogens is 252 g/mol. The normalized spacial score (nSPS) is 18.4. The Kier molecular flexibility index (Phi) is 3.52. The second-order valence-corrected chi connectivity index (χ2v) is 5.04. The van der Waals surface area contributed by atoms with Crippen LogP contribution in [0.1, 0.15) is 16.8 Å². The third kappa shape index (κ3) is 2.44. The number of carbonyl (C=O) groups excluding carboxylic acids is 1. The molecule has 1 unspecified atom stereocenters. The van der Waals surface area contributed by atoms with Gasteiger partial charge in [-0.05, 0) is 37.7 Å². The quantitative estimate of drug-likeness (QED) is 0.915. The van der Waals surface area contributed by atoms with Crippen molar-refractivity contribution in [2.24, 2.45) is 0 Å². The summed E-state index contributed by atoms with van der Waals surface area (Å²) in [7, 11) is 1.94. The molecule has 0 spiro atoms. The molecule has 5 nitrogen and oxygen atoms in total. The highest BCUT2D eigenvalue weighted by Gasteiger charge is 2.25. The molecule has 0 bridgehead atoms. The second-order valence-electron chi connectivity index (χ2n) is 5.04. The first-order chi connectivity index (χ1) is 9.78. The Morgan fingerprint density at radius 2 is 2.15 bits per heavy atom. The lowest BCUT2D eigenvalue weighted by molar-refractivity contribution is 0.0789. The van der Waals surface area contributed by atoms with E-state index < -0.39 is 0 Å². The molecule has 0 aliphatic carbocycles. The largest absolute Gasteiger partial charge is 0.337 e. The summed E-state index contributed by atoms with van der Waals surface area (Å²) < 4.78 is 1.92. The zero-order valence-electron chi connectivity index (χ0n) is 11.5. The topological polar surface area (TPSA) is 50.2 Å². The zero-order valence-corrected chi connectivity index (χ0v) is 11.5. The van der Waals surface area contributed by atoms with Crippen molar-refractivity contribution >= 4 is 5.91 Å². The van der Waals surface area contributed by atoms with E-state index in [1.807, 2.05) is 47.0 Å². The molecule has 2 aromatic rings. The summed E-state index contributed by atoms with van der Waals surface area (Å²) in [4.78, 5) is 18.3. The molecule has 2 heterocycles. The number of likely N-dealkylation sites (tertiary alicyclic amines) is 1. The van der Waals surface area contributed by atoms with Crippen molar-refractivity contribution in [3.05, 3.63) is 48.5 Å². The van der Waals surface area contributed by atoms with Crippen LogP contribution in [0.3, 0.4) is 0 Å². The fraction of sp³-hybridized carbons (Fsp3) is 0.333. The van der Waals surface area contributed by atoms with Crippen LogP contribution in [-0.2, 0) is 0 Å². The predicted molar refractivity (Wildman–Crippen MR) is 76.9 cm³/mol. The van der Waals surface area contributed by atoms with E-state index in [4.69, 9.17) is 0 Å². The number of amides is 1. The van der Waals surface area contributed by atoms with Crippen molar-refractivity contribution in [3.63, 3.8) is 0 Å². The standard InChI is InChI=1S/C15H18N4O/c1-16-13-6-8-18(10-13)15(20)12-2-4-14(5-3-12)19-9-7-17-11-19/h2-5,7,9,11,13,16H,6,8,10H2,1H3. The van der Waals surface area contributed by atoms with Crippen LogP contribution in [-0.4, -0.2) is 46.5 Å². The van der Waals surface area contributed by atoms with Gasteiger partial charge in [-0.15, -0.1) is 0 Å². The molecule has 1 atom stereocenters. The van der Waals surface area contributed by atoms with Crippen molar-refractivity contribution in [1.29, 1.82) is 0 Å². The molecule has 0 saturated carbocycles. The zero-order chi connectivity index (χ0) is 13.9. The molecule has 1 aromatic carbocycles. The van der Waals surface area contributed by atoms with Crippen molar-refractivity contribution in [3.8, 4) is 5.69 Å². The van der Waals surface area contributed by atoms with Crippen LogP contribution in [0.25, 0.3) is 5.69 Å². The van der Waals surface area contributed by atoms with E-state index in [1.54, 1.807) is 12.5 Å². The van der Waals surface area contributed by atoms with Gasteiger partial charge in [0.2, 0.25) is 0 Å². The van der Waals surface area contributed by atoms with Gasteiger partial charge in [0.25, 0.3) is 5.91 Å². The smallest absolute Gasteiger partial charge is 0.253 e. The van der Waals surface area contributed by atoms with Gasteiger partial charge >= 0.3 is 0 Å². The molecular formula is C15H18N4O. The van der Waals surface area contributed by atoms with Gasteiger partial charge in [0.05, 0.1) is 6.33 Å². The van der Waals surface area contributed by atoms with Gasteiger partial charge in [0.1, 0.15) is 0 Å². The van der Waals surface area contributed by atoms with Crippen LogP contribution in [0.5, 0.6) is 0 Å². The molecule has 1 fully saturated rings. The van der Waals surface area contributed by atoms with Crippen LogP contribution in [0.15, 0.2) is 43.0 Å². The summed E-state index contributed by atoms with van der Waals surface area (Å²) in [6.45, 7) is 1.62. The van der Waals surface area contributed by atoms with Gasteiger partial charge in [0.15, 0.2) is 0 Å². The van der Waals surface area contributed by atoms with Gasteiger partial charge < -0.3 is 14.8 Å². The highest BCUT2D eigenvalue weighted by molar-refractivity contribution is 5.94. The molecule has 3 rings (SSSR count). The number of rotatable bonds is 3. The van der Waals surface area contributed by atoms with Crippen LogP contribution < -0.4 is 5.32 Å². The Hall–Kier alpha value is -2.14. The minimum Gasteiger partial charge on any atom is -0.337 e. The van der Waals surface area contributed by atoms with Crippen LogP contribution in [0.2, 0.25) is 0 Å². The summed E-state index contributed by atoms with van der Waals surface area (Å²) in [5.74, 6) is 0.111. The summed E-state index contributed by atoms with van der Waals surface area (Å²) in [6.07, 6.45) is 6.39. The van der Waals surface area contributed by atoms with Gasteiger partial charge in [-0.3, -0.25) is 4.79 Å². The van der Waals surface area contributed by atoms with Gasteiger partial charge in [-0.25, -0.2) is 4.98 Å². The summed E-state index contributed by atoms with van der Waals surface area (Å²) in [6, 6.07) is 8.07. The highest BCUT2D eigenvalue weighted by Crippen LogP contribution is 2.15. The van der Waals surface area contributed by atoms with Gasteiger partial charge in [-0.1, -0.05) is 0 Å². The average molecular weight is 270 g/mol. The number of imidazole rings is 1. The van der Waals surface area contributed by atoms with Crippen molar-refractivity contribution in [2.75, 3.05) is 20.1 Å². The maximum absolute atomic E-state index is 12.4. The minimum atomic E-state index is 0.111. The average Bonchev–Trinajstić information content (AvgIpc) is 3.18. The van der Waals surface area contributed by atoms with Crippen molar-refractivity contribution < 1.29 is 4.79 Å². The molecule has 20 heavy (non-hydrogen) atoms. The molecule has 1 aliphatic rings. The maximum atomic E-state index is 12.4. The molecule has 1 amide bonds. The fourth-order valence-electron chi connectivity index (χ4n) is 2.55. The summed E-state index contributed by atoms with van der Waals surface area (Å²) in [5.41, 5.74) is 1.75. The lowest BCUT2D eigenvalue weighted by atomic mass is 10.2. The van der Waals surface area contributed by atoms with E-state index in [1.165, 1.54) is 0 Å². The Morgan fingerprint density at radius 1 is 1.35 bits per heavy atom. The van der Waals surface area contributed by atoms with E-state index >= 15 is 0 Å². The van der Waals surface area contributed by atoms with Gasteiger partial charge in [-0.2, -0.15) is 0 Å². The molecule has 5 heteroatoms. The SMILES string of the molecule is CNC1CCN(C(=O)c2ccc(-n3ccnc3)cc2)C1. The Balaban J connectivity index is 1.73. The lowest BCUT2D eigenvalue weighted by Crippen LogP contribution is -2.33. The second kappa shape index (κ2) is 5.46. The molecule has 1 aliphatic heterocycles. The van der Waals surface area contributed by atoms with Crippen molar-refractivity contribution in [1.82, 2.24) is 19.8 Å². The molecule has 104 valence electrons. The summed E-state index contributed by atoms with van der Waals surface area (Å²) >= 11 is 0. The number of hydrogen-bond donors (Lipinski definition) is 1. The third-order valence-electron chi connectivity index (χ3n) is 3.80. The number of nitrogens with one attached hydrogen (secondary N) is 1.